The van der Waals surface area contributed by atoms with Crippen molar-refractivity contribution in [3.05, 3.63) is 132 Å². The van der Waals surface area contributed by atoms with Crippen LogP contribution in [0.25, 0.3) is 0 Å². The Labute approximate surface area is 359 Å². The maximum atomic E-state index is 13.8. The molecule has 0 radical (unpaired) electrons. The van der Waals surface area contributed by atoms with E-state index in [-0.39, 0.29) is 38.0 Å². The van der Waals surface area contributed by atoms with Crippen LogP contribution in [0, 0.1) is 11.8 Å². The van der Waals surface area contributed by atoms with Gasteiger partial charge in [0, 0.05) is 39.6 Å². The molecule has 61 heavy (non-hydrogen) atoms. The van der Waals surface area contributed by atoms with Gasteiger partial charge in [0.1, 0.15) is 12.1 Å². The molecule has 0 bridgehead atoms. The Hall–Kier alpha value is -5.90. The molecule has 4 aromatic rings. The summed E-state index contributed by atoms with van der Waals surface area (Å²) in [4.78, 5) is 65.5. The largest absolute Gasteiger partial charge is 0.390 e. The first-order chi connectivity index (χ1) is 29.2. The monoisotopic (exact) mass is 837 g/mol. The summed E-state index contributed by atoms with van der Waals surface area (Å²) in [6.07, 6.45) is 1.66. The molecule has 7 N–H and O–H groups in total. The molecular formula is C46H63N9O6. The van der Waals surface area contributed by atoms with Crippen molar-refractivity contribution in [3.63, 3.8) is 0 Å². The molecule has 0 saturated heterocycles. The summed E-state index contributed by atoms with van der Waals surface area (Å²) in [5.41, 5.74) is 3.17. The fraction of sp³-hybridized carbons (Fsp3) is 0.435. The first-order valence-corrected chi connectivity index (χ1v) is 20.8. The topological polar surface area (TPSA) is 201 Å². The van der Waals surface area contributed by atoms with Crippen molar-refractivity contribution in [3.8, 4) is 0 Å². The number of amides is 6. The Kier molecular flexibility index (Phi) is 19.1. The van der Waals surface area contributed by atoms with Crippen LogP contribution in [-0.2, 0) is 35.5 Å². The van der Waals surface area contributed by atoms with Crippen LogP contribution in [0.15, 0.2) is 109 Å². The highest BCUT2D eigenvalue weighted by atomic mass is 16.3. The number of rotatable bonds is 22. The minimum atomic E-state index is -1.11. The zero-order valence-corrected chi connectivity index (χ0v) is 36.1. The summed E-state index contributed by atoms with van der Waals surface area (Å²) in [7, 11) is 3.26. The molecule has 2 aromatic carbocycles. The number of carbonyl (C=O) groups is 4. The number of urea groups is 2. The van der Waals surface area contributed by atoms with Gasteiger partial charge in [0.25, 0.3) is 0 Å². The predicted octanol–water partition coefficient (Wildman–Crippen LogP) is 3.28. The molecule has 6 amide bonds. The highest BCUT2D eigenvalue weighted by Crippen LogP contribution is 2.13. The van der Waals surface area contributed by atoms with Crippen LogP contribution < -0.4 is 26.6 Å². The Morgan fingerprint density at radius 1 is 0.541 bits per heavy atom. The molecule has 0 spiro atoms. The Morgan fingerprint density at radius 2 is 0.902 bits per heavy atom. The number of nitrogens with zero attached hydrogens (tertiary/aromatic N) is 4. The van der Waals surface area contributed by atoms with Gasteiger partial charge < -0.3 is 46.6 Å². The number of hydrogen-bond donors (Lipinski definition) is 7. The highest BCUT2D eigenvalue weighted by Gasteiger charge is 2.32. The molecule has 4 rings (SSSR count). The van der Waals surface area contributed by atoms with Gasteiger partial charge in [-0.3, -0.25) is 19.6 Å². The number of carbonyl (C=O) groups excluding carboxylic acids is 4. The number of aliphatic hydroxyl groups excluding tert-OH is 2. The van der Waals surface area contributed by atoms with E-state index in [1.54, 1.807) is 38.6 Å². The molecule has 0 aliphatic heterocycles. The standard InChI is InChI=1S/C46H63N9O6/c1-31(2)41(52-45(60)54(5)29-35-21-13-15-23-48-35)43(58)50-37(25-33-17-9-7-10-18-33)39(56)27-47-28-40(57)38(26-34-19-11-8-12-20-34)51-44(59)42(32(3)4)53-46(61)55(6)30-36-22-14-16-24-49-36/h7-24,31-32,37-42,47,56-57H,25-30H2,1-6H3,(H,50,58)(H,51,59)(H,52,60)(H,53,61)/t37-,38-,39+,40+,41-,42-/m0/s1. The number of hydrogen-bond acceptors (Lipinski definition) is 9. The van der Waals surface area contributed by atoms with E-state index in [0.29, 0.717) is 24.2 Å². The van der Waals surface area contributed by atoms with E-state index >= 15 is 0 Å². The number of nitrogens with one attached hydrogen (secondary N) is 5. The number of aromatic nitrogens is 2. The van der Waals surface area contributed by atoms with Crippen molar-refractivity contribution in [2.75, 3.05) is 27.2 Å². The lowest BCUT2D eigenvalue weighted by Crippen LogP contribution is -2.58. The average molecular weight is 838 g/mol. The van der Waals surface area contributed by atoms with Crippen LogP contribution in [0.2, 0.25) is 0 Å². The Balaban J connectivity index is 1.42. The molecule has 0 aliphatic carbocycles. The molecule has 328 valence electrons. The van der Waals surface area contributed by atoms with E-state index in [1.807, 2.05) is 113 Å². The van der Waals surface area contributed by atoms with Crippen molar-refractivity contribution in [1.82, 2.24) is 46.4 Å². The lowest BCUT2D eigenvalue weighted by atomic mass is 9.97. The molecule has 2 aromatic heterocycles. The van der Waals surface area contributed by atoms with Crippen LogP contribution in [0.3, 0.4) is 0 Å². The maximum absolute atomic E-state index is 13.8. The van der Waals surface area contributed by atoms with Crippen LogP contribution in [0.1, 0.15) is 50.2 Å². The van der Waals surface area contributed by atoms with Gasteiger partial charge in [-0.25, -0.2) is 9.59 Å². The summed E-state index contributed by atoms with van der Waals surface area (Å²) >= 11 is 0. The molecule has 0 saturated carbocycles. The third-order valence-electron chi connectivity index (χ3n) is 10.3. The number of pyridine rings is 2. The number of aliphatic hydroxyl groups is 2. The normalized spacial score (nSPS) is 14.2. The van der Waals surface area contributed by atoms with Gasteiger partial charge in [0.05, 0.1) is 48.8 Å². The van der Waals surface area contributed by atoms with Crippen LogP contribution in [0.4, 0.5) is 9.59 Å². The first kappa shape index (κ1) is 47.8. The molecule has 15 heteroatoms. The van der Waals surface area contributed by atoms with Crippen molar-refractivity contribution in [2.45, 2.75) is 90.0 Å². The van der Waals surface area contributed by atoms with Gasteiger partial charge in [-0.1, -0.05) is 100 Å². The SMILES string of the molecule is CC(C)[C@H](NC(=O)N(C)Cc1ccccn1)C(=O)N[C@@H](Cc1ccccc1)[C@H](O)CNC[C@@H](O)[C@H](Cc1ccccc1)NC(=O)[C@@H](NC(=O)N(C)Cc1ccccn1)C(C)C. The Bertz CT molecular complexity index is 1790. The van der Waals surface area contributed by atoms with E-state index < -0.39 is 60.3 Å². The zero-order chi connectivity index (χ0) is 44.3. The van der Waals surface area contributed by atoms with Gasteiger partial charge in [-0.2, -0.15) is 0 Å². The molecule has 6 atom stereocenters. The summed E-state index contributed by atoms with van der Waals surface area (Å²) in [5, 5.41) is 38.0. The lowest BCUT2D eigenvalue weighted by molar-refractivity contribution is -0.126. The molecular weight excluding hydrogens is 775 g/mol. The average Bonchev–Trinajstić information content (AvgIpc) is 3.24. The van der Waals surface area contributed by atoms with Crippen LogP contribution in [-0.4, -0.2) is 117 Å². The molecule has 0 fully saturated rings. The second-order valence-electron chi connectivity index (χ2n) is 16.1. The van der Waals surface area contributed by atoms with E-state index in [0.717, 1.165) is 11.1 Å². The first-order valence-electron chi connectivity index (χ1n) is 20.8. The molecule has 2 heterocycles. The van der Waals surface area contributed by atoms with E-state index in [9.17, 15) is 29.4 Å². The molecule has 0 aliphatic rings. The van der Waals surface area contributed by atoms with Gasteiger partial charge in [-0.15, -0.1) is 0 Å². The predicted molar refractivity (Wildman–Crippen MR) is 235 cm³/mol. The smallest absolute Gasteiger partial charge is 0.318 e. The third-order valence-corrected chi connectivity index (χ3v) is 10.3. The fourth-order valence-corrected chi connectivity index (χ4v) is 6.68. The number of benzene rings is 2. The van der Waals surface area contributed by atoms with Gasteiger partial charge in [0.15, 0.2) is 0 Å². The van der Waals surface area contributed by atoms with Crippen molar-refractivity contribution >= 4 is 23.9 Å². The second-order valence-corrected chi connectivity index (χ2v) is 16.1. The van der Waals surface area contributed by atoms with E-state index in [4.69, 9.17) is 0 Å². The Morgan fingerprint density at radius 3 is 1.23 bits per heavy atom. The minimum Gasteiger partial charge on any atom is -0.390 e. The second kappa shape index (κ2) is 24.4. The van der Waals surface area contributed by atoms with Gasteiger partial charge in [-0.05, 0) is 60.1 Å². The zero-order valence-electron chi connectivity index (χ0n) is 36.1. The summed E-state index contributed by atoms with van der Waals surface area (Å²) in [6.45, 7) is 7.80. The minimum absolute atomic E-state index is 0.0142. The third kappa shape index (κ3) is 15.9. The van der Waals surface area contributed by atoms with Gasteiger partial charge >= 0.3 is 12.1 Å². The molecule has 0 unspecified atom stereocenters. The van der Waals surface area contributed by atoms with Gasteiger partial charge in [0.2, 0.25) is 11.8 Å². The highest BCUT2D eigenvalue weighted by molar-refractivity contribution is 5.88. The fourth-order valence-electron chi connectivity index (χ4n) is 6.68. The maximum Gasteiger partial charge on any atom is 0.318 e. The summed E-state index contributed by atoms with van der Waals surface area (Å²) in [5.74, 6) is -1.45. The quantitative estimate of drug-likeness (QED) is 0.0621. The van der Waals surface area contributed by atoms with Crippen LogP contribution in [0.5, 0.6) is 0 Å². The van der Waals surface area contributed by atoms with Crippen molar-refractivity contribution < 1.29 is 29.4 Å². The van der Waals surface area contributed by atoms with Crippen LogP contribution >= 0.6 is 0 Å². The van der Waals surface area contributed by atoms with Crippen molar-refractivity contribution in [1.29, 1.82) is 0 Å². The van der Waals surface area contributed by atoms with Crippen molar-refractivity contribution in [2.24, 2.45) is 11.8 Å². The molecule has 15 nitrogen and oxygen atoms in total. The summed E-state index contributed by atoms with van der Waals surface area (Å²) < 4.78 is 0. The lowest BCUT2D eigenvalue weighted by Gasteiger charge is -2.31. The summed E-state index contributed by atoms with van der Waals surface area (Å²) in [6, 6.07) is 25.5. The van der Waals surface area contributed by atoms with E-state index in [2.05, 4.69) is 36.6 Å². The van der Waals surface area contributed by atoms with E-state index in [1.165, 1.54) is 9.80 Å².